The van der Waals surface area contributed by atoms with Gasteiger partial charge in [-0.1, -0.05) is 108 Å². The zero-order valence-corrected chi connectivity index (χ0v) is 20.4. The fraction of sp³-hybridized carbons (Fsp3) is 0.0909. The van der Waals surface area contributed by atoms with Gasteiger partial charge in [0.2, 0.25) is 0 Å². The van der Waals surface area contributed by atoms with Gasteiger partial charge in [0.1, 0.15) is 5.75 Å². The third-order valence-corrected chi connectivity index (χ3v) is 6.24. The molecule has 0 heterocycles. The topological polar surface area (TPSA) is 35.2 Å². The van der Waals surface area contributed by atoms with Crippen LogP contribution in [0.3, 0.4) is 0 Å². The molecule has 0 fully saturated rings. The first-order valence-electron chi connectivity index (χ1n) is 11.9. The Kier molecular flexibility index (Phi) is 6.12. The predicted octanol–water partition coefficient (Wildman–Crippen LogP) is 8.99. The van der Waals surface area contributed by atoms with Crippen LogP contribution in [0.5, 0.6) is 11.5 Å². The van der Waals surface area contributed by atoms with Gasteiger partial charge in [0.25, 0.3) is 0 Å². The normalized spacial score (nSPS) is 10.8. The second kappa shape index (κ2) is 9.52. The fourth-order valence-corrected chi connectivity index (χ4v) is 4.61. The molecule has 0 aliphatic carbocycles. The summed E-state index contributed by atoms with van der Waals surface area (Å²) in [5.74, 6) is 1.41. The average Bonchev–Trinajstić information content (AvgIpc) is 2.85. The van der Waals surface area contributed by atoms with Crippen LogP contribution in [0.4, 0.5) is 5.69 Å². The highest BCUT2D eigenvalue weighted by Crippen LogP contribution is 2.48. The van der Waals surface area contributed by atoms with Crippen molar-refractivity contribution in [2.24, 2.45) is 0 Å². The lowest BCUT2D eigenvalue weighted by molar-refractivity contribution is 0.485. The first-order valence-corrected chi connectivity index (χ1v) is 11.9. The molecule has 0 bridgehead atoms. The predicted molar refractivity (Wildman–Crippen MR) is 148 cm³/mol. The molecule has 0 radical (unpaired) electrons. The molecule has 0 spiro atoms. The maximum Gasteiger partial charge on any atom is 0.151 e. The summed E-state index contributed by atoms with van der Waals surface area (Å²) in [7, 11) is 0. The largest absolute Gasteiger partial charge is 0.455 e. The first kappa shape index (κ1) is 22.5. The second-order valence-electron chi connectivity index (χ2n) is 9.11. The molecule has 2 nitrogen and oxygen atoms in total. The number of aryl methyl sites for hydroxylation is 3. The lowest BCUT2D eigenvalue weighted by Crippen LogP contribution is -2.01. The van der Waals surface area contributed by atoms with E-state index in [0.29, 0.717) is 11.4 Å². The molecule has 0 aliphatic rings. The zero-order chi connectivity index (χ0) is 24.4. The molecule has 0 aliphatic heterocycles. The maximum atomic E-state index is 6.94. The number of anilines is 1. The Balaban J connectivity index is 1.88. The van der Waals surface area contributed by atoms with E-state index < -0.39 is 0 Å². The van der Waals surface area contributed by atoms with E-state index in [-0.39, 0.29) is 0 Å². The molecule has 0 aromatic heterocycles. The summed E-state index contributed by atoms with van der Waals surface area (Å²) < 4.78 is 6.38. The summed E-state index contributed by atoms with van der Waals surface area (Å²) in [6.07, 6.45) is 0. The van der Waals surface area contributed by atoms with Crippen molar-refractivity contribution in [1.29, 1.82) is 0 Å². The SMILES string of the molecule is Cc1cccc(-c2cc(Oc3ccccc3)c(N)c(-c3cccc(C)c3)c2-c2cccc(C)c2)c1. The summed E-state index contributed by atoms with van der Waals surface area (Å²) in [6, 6.07) is 37.6. The minimum absolute atomic E-state index is 0.632. The maximum absolute atomic E-state index is 6.94. The Labute approximate surface area is 207 Å². The number of hydrogen-bond acceptors (Lipinski definition) is 2. The zero-order valence-electron chi connectivity index (χ0n) is 20.4. The highest BCUT2D eigenvalue weighted by atomic mass is 16.5. The van der Waals surface area contributed by atoms with E-state index >= 15 is 0 Å². The molecule has 172 valence electrons. The van der Waals surface area contributed by atoms with Crippen LogP contribution in [0.15, 0.2) is 109 Å². The molecule has 35 heavy (non-hydrogen) atoms. The Morgan fingerprint density at radius 3 is 1.60 bits per heavy atom. The van der Waals surface area contributed by atoms with Crippen molar-refractivity contribution in [3.05, 3.63) is 126 Å². The average molecular weight is 456 g/mol. The fourth-order valence-electron chi connectivity index (χ4n) is 4.61. The van der Waals surface area contributed by atoms with Crippen molar-refractivity contribution in [3.8, 4) is 44.9 Å². The number of ether oxygens (including phenoxy) is 1. The summed E-state index contributed by atoms with van der Waals surface area (Å²) in [4.78, 5) is 0. The molecule has 5 aromatic rings. The third kappa shape index (κ3) is 4.69. The number of nitrogens with two attached hydrogens (primary N) is 1. The van der Waals surface area contributed by atoms with Gasteiger partial charge in [-0.15, -0.1) is 0 Å². The third-order valence-electron chi connectivity index (χ3n) is 6.24. The number of nitrogen functional groups attached to an aromatic ring is 1. The van der Waals surface area contributed by atoms with Crippen LogP contribution in [-0.2, 0) is 0 Å². The minimum atomic E-state index is 0.632. The van der Waals surface area contributed by atoms with Crippen LogP contribution >= 0.6 is 0 Å². The molecule has 0 saturated carbocycles. The smallest absolute Gasteiger partial charge is 0.151 e. The minimum Gasteiger partial charge on any atom is -0.455 e. The number of para-hydroxylation sites is 1. The van der Waals surface area contributed by atoms with E-state index in [9.17, 15) is 0 Å². The van der Waals surface area contributed by atoms with Gasteiger partial charge >= 0.3 is 0 Å². The van der Waals surface area contributed by atoms with Crippen LogP contribution < -0.4 is 10.5 Å². The van der Waals surface area contributed by atoms with Gasteiger partial charge in [-0.2, -0.15) is 0 Å². The van der Waals surface area contributed by atoms with Gasteiger partial charge in [-0.25, -0.2) is 0 Å². The van der Waals surface area contributed by atoms with Crippen LogP contribution in [0.2, 0.25) is 0 Å². The Hall–Kier alpha value is -4.30. The van der Waals surface area contributed by atoms with Crippen molar-refractivity contribution >= 4 is 5.69 Å². The van der Waals surface area contributed by atoms with Gasteiger partial charge in [0.05, 0.1) is 5.69 Å². The van der Waals surface area contributed by atoms with E-state index in [1.165, 1.54) is 16.7 Å². The number of benzene rings is 5. The molecule has 5 aromatic carbocycles. The van der Waals surface area contributed by atoms with Crippen molar-refractivity contribution in [2.45, 2.75) is 20.8 Å². The van der Waals surface area contributed by atoms with E-state index in [0.717, 1.165) is 39.1 Å². The molecule has 0 saturated heterocycles. The second-order valence-corrected chi connectivity index (χ2v) is 9.11. The molecule has 5 rings (SSSR count). The monoisotopic (exact) mass is 455 g/mol. The summed E-state index contributed by atoms with van der Waals surface area (Å²) >= 11 is 0. The lowest BCUT2D eigenvalue weighted by Gasteiger charge is -2.22. The summed E-state index contributed by atoms with van der Waals surface area (Å²) in [6.45, 7) is 6.35. The van der Waals surface area contributed by atoms with Gasteiger partial charge in [0, 0.05) is 5.56 Å². The van der Waals surface area contributed by atoms with Gasteiger partial charge in [0.15, 0.2) is 5.75 Å². The molecular weight excluding hydrogens is 426 g/mol. The quantitative estimate of drug-likeness (QED) is 0.268. The first-order chi connectivity index (χ1) is 17.0. The van der Waals surface area contributed by atoms with Crippen molar-refractivity contribution in [3.63, 3.8) is 0 Å². The Morgan fingerprint density at radius 2 is 1.03 bits per heavy atom. The van der Waals surface area contributed by atoms with E-state index in [1.54, 1.807) is 0 Å². The van der Waals surface area contributed by atoms with Gasteiger partial charge in [-0.3, -0.25) is 0 Å². The van der Waals surface area contributed by atoms with E-state index in [4.69, 9.17) is 10.5 Å². The summed E-state index contributed by atoms with van der Waals surface area (Å²) in [5, 5.41) is 0. The highest BCUT2D eigenvalue weighted by Gasteiger charge is 2.22. The summed E-state index contributed by atoms with van der Waals surface area (Å²) in [5.41, 5.74) is 17.7. The van der Waals surface area contributed by atoms with Crippen LogP contribution in [-0.4, -0.2) is 0 Å². The van der Waals surface area contributed by atoms with Crippen LogP contribution in [0.25, 0.3) is 33.4 Å². The van der Waals surface area contributed by atoms with Gasteiger partial charge < -0.3 is 10.5 Å². The van der Waals surface area contributed by atoms with Crippen LogP contribution in [0, 0.1) is 20.8 Å². The van der Waals surface area contributed by atoms with Crippen LogP contribution in [0.1, 0.15) is 16.7 Å². The highest BCUT2D eigenvalue weighted by molar-refractivity contribution is 6.02. The van der Waals surface area contributed by atoms with Gasteiger partial charge in [-0.05, 0) is 66.8 Å². The Bertz CT molecular complexity index is 1500. The molecule has 0 atom stereocenters. The van der Waals surface area contributed by atoms with Crippen molar-refractivity contribution < 1.29 is 4.74 Å². The molecule has 2 heteroatoms. The number of rotatable bonds is 5. The lowest BCUT2D eigenvalue weighted by atomic mass is 9.85. The van der Waals surface area contributed by atoms with E-state index in [1.807, 2.05) is 30.3 Å². The Morgan fingerprint density at radius 1 is 0.514 bits per heavy atom. The van der Waals surface area contributed by atoms with Crippen molar-refractivity contribution in [2.75, 3.05) is 5.73 Å². The van der Waals surface area contributed by atoms with Crippen molar-refractivity contribution in [1.82, 2.24) is 0 Å². The molecular formula is C33H29NO. The molecule has 0 unspecified atom stereocenters. The van der Waals surface area contributed by atoms with E-state index in [2.05, 4.69) is 99.6 Å². The molecule has 2 N–H and O–H groups in total. The molecule has 0 amide bonds. The number of hydrogen-bond donors (Lipinski definition) is 1. The standard InChI is InChI=1S/C33H29NO/c1-22-10-7-13-25(18-22)29-21-30(35-28-16-5-4-6-17-28)33(34)32(27-15-9-12-24(3)20-27)31(29)26-14-8-11-23(2)19-26/h4-21H,34H2,1-3H3.